The molecule has 0 saturated carbocycles. The summed E-state index contributed by atoms with van der Waals surface area (Å²) in [5.41, 5.74) is 0.770. The van der Waals surface area contributed by atoms with Crippen LogP contribution in [0.4, 0.5) is 0 Å². The molecule has 3 aliphatic rings. The molecule has 0 atom stereocenters. The highest BCUT2D eigenvalue weighted by Gasteiger charge is 2.54. The molecule has 3 fully saturated rings. The van der Waals surface area contributed by atoms with E-state index in [1.54, 1.807) is 0 Å². The van der Waals surface area contributed by atoms with Gasteiger partial charge in [-0.1, -0.05) is 41.1 Å². The minimum atomic E-state index is -1.49. The van der Waals surface area contributed by atoms with Crippen LogP contribution in [0.3, 0.4) is 0 Å². The van der Waals surface area contributed by atoms with Gasteiger partial charge in [-0.25, -0.2) is 0 Å². The normalized spacial score (nSPS) is 33.4. The summed E-state index contributed by atoms with van der Waals surface area (Å²) in [6.45, 7) is 3.51. The SMILES string of the molecule is CC12COC(C(=O)Cc3ccccc3Br)(OC1)OC2. The molecule has 3 saturated heterocycles. The lowest BCUT2D eigenvalue weighted by Crippen LogP contribution is -2.62. The van der Waals surface area contributed by atoms with Crippen LogP contribution in [0.2, 0.25) is 0 Å². The van der Waals surface area contributed by atoms with Crippen LogP contribution in [0.15, 0.2) is 28.7 Å². The zero-order valence-corrected chi connectivity index (χ0v) is 12.2. The Kier molecular flexibility index (Phi) is 3.25. The Labute approximate surface area is 120 Å². The fraction of sp³-hybridized carbons (Fsp3) is 0.500. The minimum absolute atomic E-state index is 0.130. The number of carbonyl (C=O) groups excluding carboxylic acids is 1. The van der Waals surface area contributed by atoms with Crippen molar-refractivity contribution in [1.29, 1.82) is 0 Å². The largest absolute Gasteiger partial charge is 0.347 e. The maximum absolute atomic E-state index is 12.4. The van der Waals surface area contributed by atoms with Gasteiger partial charge in [0.2, 0.25) is 5.78 Å². The van der Waals surface area contributed by atoms with Crippen molar-refractivity contribution in [3.8, 4) is 0 Å². The molecule has 1 aromatic carbocycles. The fourth-order valence-electron chi connectivity index (χ4n) is 2.22. The Hall–Kier alpha value is -0.750. The van der Waals surface area contributed by atoms with Crippen LogP contribution >= 0.6 is 15.9 Å². The molecule has 0 spiro atoms. The first-order chi connectivity index (χ1) is 9.03. The van der Waals surface area contributed by atoms with Gasteiger partial charge in [0.1, 0.15) is 0 Å². The van der Waals surface area contributed by atoms with E-state index in [2.05, 4.69) is 15.9 Å². The monoisotopic (exact) mass is 326 g/mol. The van der Waals surface area contributed by atoms with Crippen molar-refractivity contribution in [2.24, 2.45) is 5.41 Å². The summed E-state index contributed by atoms with van der Waals surface area (Å²) in [5, 5.41) is 0. The second-order valence-electron chi connectivity index (χ2n) is 5.42. The van der Waals surface area contributed by atoms with Crippen molar-refractivity contribution in [3.63, 3.8) is 0 Å². The van der Waals surface area contributed by atoms with Crippen LogP contribution in [-0.4, -0.2) is 31.6 Å². The van der Waals surface area contributed by atoms with Crippen molar-refractivity contribution in [1.82, 2.24) is 0 Å². The van der Waals surface area contributed by atoms with E-state index in [0.29, 0.717) is 19.8 Å². The van der Waals surface area contributed by atoms with Crippen molar-refractivity contribution >= 4 is 21.7 Å². The van der Waals surface area contributed by atoms with Crippen molar-refractivity contribution in [2.45, 2.75) is 19.3 Å². The lowest BCUT2D eigenvalue weighted by molar-refractivity contribution is -0.439. The van der Waals surface area contributed by atoms with E-state index in [9.17, 15) is 4.79 Å². The zero-order chi connectivity index (χ0) is 13.5. The molecule has 2 bridgehead atoms. The number of fused-ring (bicyclic) bond motifs is 3. The number of ketones is 1. The molecule has 4 nitrogen and oxygen atoms in total. The van der Waals surface area contributed by atoms with Crippen LogP contribution in [0.1, 0.15) is 12.5 Å². The summed E-state index contributed by atoms with van der Waals surface area (Å²) in [6, 6.07) is 7.61. The van der Waals surface area contributed by atoms with E-state index in [0.717, 1.165) is 10.0 Å². The maximum atomic E-state index is 12.4. The summed E-state index contributed by atoms with van der Waals surface area (Å²) in [6.07, 6.45) is 0.220. The minimum Gasteiger partial charge on any atom is -0.320 e. The van der Waals surface area contributed by atoms with Gasteiger partial charge in [0.05, 0.1) is 19.8 Å². The fourth-order valence-corrected chi connectivity index (χ4v) is 2.65. The first-order valence-corrected chi connectivity index (χ1v) is 7.01. The average molecular weight is 327 g/mol. The standard InChI is InChI=1S/C14H15BrO4/c1-13-7-17-14(18-8-13,19-9-13)12(16)6-10-4-2-3-5-11(10)15/h2-5H,6-9H2,1H3. The highest BCUT2D eigenvalue weighted by Crippen LogP contribution is 2.39. The lowest BCUT2D eigenvalue weighted by Gasteiger charge is -2.49. The molecular weight excluding hydrogens is 312 g/mol. The van der Waals surface area contributed by atoms with Crippen LogP contribution in [0.25, 0.3) is 0 Å². The topological polar surface area (TPSA) is 44.8 Å². The smallest absolute Gasteiger partial charge is 0.320 e. The first kappa shape index (κ1) is 13.2. The number of carbonyl (C=O) groups is 1. The van der Waals surface area contributed by atoms with Gasteiger partial charge >= 0.3 is 5.97 Å². The molecule has 0 N–H and O–H groups in total. The Balaban J connectivity index is 1.76. The predicted octanol–water partition coefficient (Wildman–Crippen LogP) is 2.30. The number of rotatable bonds is 3. The molecule has 3 aliphatic heterocycles. The molecule has 5 heteroatoms. The highest BCUT2D eigenvalue weighted by molar-refractivity contribution is 9.10. The molecule has 0 aromatic heterocycles. The van der Waals surface area contributed by atoms with Gasteiger partial charge in [0, 0.05) is 16.3 Å². The Bertz CT molecular complexity index is 489. The zero-order valence-electron chi connectivity index (χ0n) is 10.6. The van der Waals surface area contributed by atoms with Gasteiger partial charge in [0.25, 0.3) is 0 Å². The van der Waals surface area contributed by atoms with Gasteiger partial charge in [-0.05, 0) is 11.6 Å². The van der Waals surface area contributed by atoms with Crippen LogP contribution in [0, 0.1) is 5.41 Å². The quantitative estimate of drug-likeness (QED) is 0.855. The van der Waals surface area contributed by atoms with E-state index in [1.807, 2.05) is 31.2 Å². The summed E-state index contributed by atoms with van der Waals surface area (Å²) in [7, 11) is 0. The summed E-state index contributed by atoms with van der Waals surface area (Å²) in [4.78, 5) is 12.4. The number of hydrogen-bond acceptors (Lipinski definition) is 4. The van der Waals surface area contributed by atoms with Gasteiger partial charge in [-0.2, -0.15) is 0 Å². The molecule has 4 rings (SSSR count). The molecule has 0 radical (unpaired) electrons. The second-order valence-corrected chi connectivity index (χ2v) is 6.28. The number of ether oxygens (including phenoxy) is 3. The Morgan fingerprint density at radius 2 is 1.79 bits per heavy atom. The van der Waals surface area contributed by atoms with E-state index >= 15 is 0 Å². The van der Waals surface area contributed by atoms with Gasteiger partial charge in [-0.15, -0.1) is 0 Å². The summed E-state index contributed by atoms with van der Waals surface area (Å²) >= 11 is 3.43. The molecule has 0 aliphatic carbocycles. The predicted molar refractivity (Wildman–Crippen MR) is 71.5 cm³/mol. The third-order valence-corrected chi connectivity index (χ3v) is 4.26. The van der Waals surface area contributed by atoms with Gasteiger partial charge < -0.3 is 14.2 Å². The summed E-state index contributed by atoms with van der Waals surface area (Å²) in [5.74, 6) is -1.69. The third kappa shape index (κ3) is 2.36. The van der Waals surface area contributed by atoms with E-state index in [1.165, 1.54) is 0 Å². The molecule has 19 heavy (non-hydrogen) atoms. The number of halogens is 1. The summed E-state index contributed by atoms with van der Waals surface area (Å²) < 4.78 is 17.5. The molecule has 3 heterocycles. The van der Waals surface area contributed by atoms with E-state index < -0.39 is 5.97 Å². The van der Waals surface area contributed by atoms with E-state index in [4.69, 9.17) is 14.2 Å². The molecule has 1 aromatic rings. The molecular formula is C14H15BrO4. The Morgan fingerprint density at radius 1 is 1.21 bits per heavy atom. The first-order valence-electron chi connectivity index (χ1n) is 6.22. The second kappa shape index (κ2) is 4.66. The highest BCUT2D eigenvalue weighted by atomic mass is 79.9. The van der Waals surface area contributed by atoms with Gasteiger partial charge in [-0.3, -0.25) is 4.79 Å². The van der Waals surface area contributed by atoms with Crippen molar-refractivity contribution in [3.05, 3.63) is 34.3 Å². The van der Waals surface area contributed by atoms with Crippen molar-refractivity contribution < 1.29 is 19.0 Å². The van der Waals surface area contributed by atoms with Gasteiger partial charge in [0.15, 0.2) is 0 Å². The number of Topliss-reactive ketones (excluding diaryl/α,β-unsaturated/α-hetero) is 1. The molecule has 0 amide bonds. The number of hydrogen-bond donors (Lipinski definition) is 0. The van der Waals surface area contributed by atoms with Crippen LogP contribution in [0.5, 0.6) is 0 Å². The van der Waals surface area contributed by atoms with Crippen molar-refractivity contribution in [2.75, 3.05) is 19.8 Å². The van der Waals surface area contributed by atoms with Crippen LogP contribution in [-0.2, 0) is 25.4 Å². The number of benzene rings is 1. The molecule has 102 valence electrons. The molecule has 0 unspecified atom stereocenters. The van der Waals surface area contributed by atoms with Crippen LogP contribution < -0.4 is 0 Å². The maximum Gasteiger partial charge on any atom is 0.347 e. The third-order valence-electron chi connectivity index (χ3n) is 3.48. The van der Waals surface area contributed by atoms with E-state index in [-0.39, 0.29) is 17.6 Å². The lowest BCUT2D eigenvalue weighted by atomic mass is 9.91. The average Bonchev–Trinajstić information content (AvgIpc) is 2.42. The Morgan fingerprint density at radius 3 is 2.37 bits per heavy atom.